The molecular weight excluding hydrogens is 212 g/mol. The van der Waals surface area contributed by atoms with Gasteiger partial charge in [-0.1, -0.05) is 12.8 Å². The van der Waals surface area contributed by atoms with Gasteiger partial charge in [-0.25, -0.2) is 0 Å². The third kappa shape index (κ3) is 1.74. The Hall–Kier alpha value is -0.120. The highest BCUT2D eigenvalue weighted by molar-refractivity contribution is 5.13. The second-order valence-electron chi connectivity index (χ2n) is 6.82. The van der Waals surface area contributed by atoms with E-state index in [1.165, 1.54) is 25.7 Å². The fraction of sp³-hybridized carbons (Fsp3) is 1.00. The van der Waals surface area contributed by atoms with Crippen LogP contribution in [-0.4, -0.2) is 42.3 Å². The van der Waals surface area contributed by atoms with Gasteiger partial charge in [-0.2, -0.15) is 0 Å². The minimum Gasteiger partial charge on any atom is -0.378 e. The molecule has 2 saturated carbocycles. The molecule has 3 rings (SSSR count). The lowest BCUT2D eigenvalue weighted by molar-refractivity contribution is -0.118. The van der Waals surface area contributed by atoms with Crippen molar-refractivity contribution in [2.75, 3.05) is 26.3 Å². The molecule has 0 spiro atoms. The molecule has 3 fully saturated rings. The van der Waals surface area contributed by atoms with Gasteiger partial charge in [-0.15, -0.1) is 0 Å². The number of rotatable bonds is 2. The highest BCUT2D eigenvalue weighted by Crippen LogP contribution is 2.58. The first-order chi connectivity index (χ1) is 8.10. The highest BCUT2D eigenvalue weighted by Gasteiger charge is 2.59. The Morgan fingerprint density at radius 2 is 2.24 bits per heavy atom. The van der Waals surface area contributed by atoms with E-state index in [4.69, 9.17) is 10.5 Å². The first kappa shape index (κ1) is 11.9. The summed E-state index contributed by atoms with van der Waals surface area (Å²) in [7, 11) is 0. The molecule has 3 unspecified atom stereocenters. The first-order valence-electron chi connectivity index (χ1n) is 7.16. The van der Waals surface area contributed by atoms with Gasteiger partial charge >= 0.3 is 0 Å². The smallest absolute Gasteiger partial charge is 0.0645 e. The van der Waals surface area contributed by atoms with Gasteiger partial charge in [0, 0.05) is 24.2 Å². The van der Waals surface area contributed by atoms with Crippen molar-refractivity contribution in [3.63, 3.8) is 0 Å². The SMILES string of the molecule is CC1(C)COCCN1C1(CN)CCCC2CC21. The van der Waals surface area contributed by atoms with Crippen LogP contribution in [-0.2, 0) is 4.74 Å². The van der Waals surface area contributed by atoms with E-state index in [1.54, 1.807) is 0 Å². The van der Waals surface area contributed by atoms with E-state index < -0.39 is 0 Å². The minimum absolute atomic E-state index is 0.155. The van der Waals surface area contributed by atoms with Gasteiger partial charge in [0.05, 0.1) is 13.2 Å². The van der Waals surface area contributed by atoms with Crippen LogP contribution in [0.4, 0.5) is 0 Å². The number of morpholine rings is 1. The lowest BCUT2D eigenvalue weighted by Gasteiger charge is -2.55. The Labute approximate surface area is 105 Å². The Bertz CT molecular complexity index is 305. The van der Waals surface area contributed by atoms with Crippen LogP contribution in [0.25, 0.3) is 0 Å². The largest absolute Gasteiger partial charge is 0.378 e. The molecule has 3 heteroatoms. The second kappa shape index (κ2) is 3.94. The van der Waals surface area contributed by atoms with Gasteiger partial charge in [0.1, 0.15) is 0 Å². The molecule has 17 heavy (non-hydrogen) atoms. The summed E-state index contributed by atoms with van der Waals surface area (Å²) in [4.78, 5) is 2.70. The molecule has 0 radical (unpaired) electrons. The van der Waals surface area contributed by atoms with Gasteiger partial charge in [0.2, 0.25) is 0 Å². The molecule has 0 amide bonds. The van der Waals surface area contributed by atoms with Crippen molar-refractivity contribution < 1.29 is 4.74 Å². The van der Waals surface area contributed by atoms with E-state index in [1.807, 2.05) is 0 Å². The Balaban J connectivity index is 1.88. The number of hydrogen-bond donors (Lipinski definition) is 1. The quantitative estimate of drug-likeness (QED) is 0.794. The van der Waals surface area contributed by atoms with Crippen molar-refractivity contribution in [1.82, 2.24) is 4.90 Å². The summed E-state index contributed by atoms with van der Waals surface area (Å²) in [6, 6.07) is 0. The molecular formula is C14H26N2O. The lowest BCUT2D eigenvalue weighted by atomic mass is 9.77. The molecule has 0 aromatic rings. The molecule has 0 aromatic heterocycles. The van der Waals surface area contributed by atoms with Crippen LogP contribution in [0.15, 0.2) is 0 Å². The summed E-state index contributed by atoms with van der Waals surface area (Å²) >= 11 is 0. The van der Waals surface area contributed by atoms with Crippen LogP contribution in [0.3, 0.4) is 0 Å². The molecule has 2 aliphatic carbocycles. The molecule has 0 aromatic carbocycles. The zero-order valence-electron chi connectivity index (χ0n) is 11.2. The summed E-state index contributed by atoms with van der Waals surface area (Å²) in [5, 5.41) is 0. The van der Waals surface area contributed by atoms with Crippen molar-refractivity contribution in [2.45, 2.75) is 50.6 Å². The molecule has 3 nitrogen and oxygen atoms in total. The van der Waals surface area contributed by atoms with Crippen LogP contribution in [0.5, 0.6) is 0 Å². The zero-order valence-corrected chi connectivity index (χ0v) is 11.2. The maximum atomic E-state index is 6.22. The summed E-state index contributed by atoms with van der Waals surface area (Å²) < 4.78 is 5.66. The van der Waals surface area contributed by atoms with Gasteiger partial charge < -0.3 is 10.5 Å². The summed E-state index contributed by atoms with van der Waals surface area (Å²) in [6.45, 7) is 8.25. The van der Waals surface area contributed by atoms with Gasteiger partial charge in [-0.05, 0) is 38.5 Å². The number of nitrogens with zero attached hydrogens (tertiary/aromatic N) is 1. The summed E-state index contributed by atoms with van der Waals surface area (Å²) in [5.74, 6) is 1.85. The Morgan fingerprint density at radius 1 is 1.41 bits per heavy atom. The third-order valence-corrected chi connectivity index (χ3v) is 5.33. The normalized spacial score (nSPS) is 45.4. The molecule has 3 aliphatic rings. The van der Waals surface area contributed by atoms with E-state index in [9.17, 15) is 0 Å². The maximum Gasteiger partial charge on any atom is 0.0645 e. The average Bonchev–Trinajstić information content (AvgIpc) is 3.07. The topological polar surface area (TPSA) is 38.5 Å². The van der Waals surface area contributed by atoms with Crippen LogP contribution >= 0.6 is 0 Å². The van der Waals surface area contributed by atoms with Crippen molar-refractivity contribution in [3.05, 3.63) is 0 Å². The first-order valence-corrected chi connectivity index (χ1v) is 7.16. The minimum atomic E-state index is 0.155. The molecule has 1 aliphatic heterocycles. The average molecular weight is 238 g/mol. The second-order valence-corrected chi connectivity index (χ2v) is 6.82. The van der Waals surface area contributed by atoms with Crippen LogP contribution in [0.1, 0.15) is 39.5 Å². The highest BCUT2D eigenvalue weighted by atomic mass is 16.5. The number of nitrogens with two attached hydrogens (primary N) is 1. The van der Waals surface area contributed by atoms with E-state index in [0.29, 0.717) is 0 Å². The van der Waals surface area contributed by atoms with Crippen molar-refractivity contribution in [3.8, 4) is 0 Å². The predicted molar refractivity (Wildman–Crippen MR) is 68.8 cm³/mol. The van der Waals surface area contributed by atoms with E-state index >= 15 is 0 Å². The summed E-state index contributed by atoms with van der Waals surface area (Å²) in [5.41, 5.74) is 6.67. The molecule has 98 valence electrons. The van der Waals surface area contributed by atoms with Gasteiger partial charge in [0.25, 0.3) is 0 Å². The molecule has 0 bridgehead atoms. The third-order valence-electron chi connectivity index (χ3n) is 5.33. The predicted octanol–water partition coefficient (Wildman–Crippen LogP) is 1.61. The molecule has 2 N–H and O–H groups in total. The van der Waals surface area contributed by atoms with E-state index in [0.717, 1.165) is 38.1 Å². The van der Waals surface area contributed by atoms with Crippen molar-refractivity contribution in [1.29, 1.82) is 0 Å². The van der Waals surface area contributed by atoms with Crippen LogP contribution in [0.2, 0.25) is 0 Å². The fourth-order valence-corrected chi connectivity index (χ4v) is 4.46. The Morgan fingerprint density at radius 3 is 2.94 bits per heavy atom. The standard InChI is InChI=1S/C14H26N2O/c1-13(2)10-17-7-6-16(13)14(9-15)5-3-4-11-8-12(11)14/h11-12H,3-10,15H2,1-2H3. The molecule has 1 heterocycles. The number of hydrogen-bond acceptors (Lipinski definition) is 3. The Kier molecular flexibility index (Phi) is 2.77. The molecule has 3 atom stereocenters. The van der Waals surface area contributed by atoms with Crippen LogP contribution < -0.4 is 5.73 Å². The van der Waals surface area contributed by atoms with Gasteiger partial charge in [0.15, 0.2) is 0 Å². The fourth-order valence-electron chi connectivity index (χ4n) is 4.46. The number of fused-ring (bicyclic) bond motifs is 1. The van der Waals surface area contributed by atoms with E-state index in [-0.39, 0.29) is 11.1 Å². The lowest BCUT2D eigenvalue weighted by Crippen LogP contribution is -2.67. The number of ether oxygens (including phenoxy) is 1. The van der Waals surface area contributed by atoms with Crippen LogP contribution in [0, 0.1) is 11.8 Å². The monoisotopic (exact) mass is 238 g/mol. The zero-order chi connectivity index (χ0) is 12.1. The van der Waals surface area contributed by atoms with Crippen molar-refractivity contribution >= 4 is 0 Å². The van der Waals surface area contributed by atoms with Gasteiger partial charge in [-0.3, -0.25) is 4.90 Å². The summed E-state index contributed by atoms with van der Waals surface area (Å²) in [6.07, 6.45) is 5.53. The molecule has 1 saturated heterocycles. The van der Waals surface area contributed by atoms with E-state index in [2.05, 4.69) is 18.7 Å². The maximum absolute atomic E-state index is 6.22. The van der Waals surface area contributed by atoms with Crippen molar-refractivity contribution in [2.24, 2.45) is 17.6 Å².